The largest absolute Gasteiger partial charge is 0.395 e. The van der Waals surface area contributed by atoms with Crippen LogP contribution in [0.15, 0.2) is 30.3 Å². The third-order valence-corrected chi connectivity index (χ3v) is 3.39. The number of halogens is 2. The van der Waals surface area contributed by atoms with Crippen molar-refractivity contribution in [2.75, 3.05) is 19.7 Å². The van der Waals surface area contributed by atoms with E-state index in [4.69, 9.17) is 5.11 Å². The van der Waals surface area contributed by atoms with Crippen LogP contribution in [0.4, 0.5) is 8.78 Å². The number of hydrogen-bond donors (Lipinski definition) is 1. The number of aromatic nitrogens is 1. The fourth-order valence-electron chi connectivity index (χ4n) is 2.40. The lowest BCUT2D eigenvalue weighted by atomic mass is 10.2. The molecule has 0 saturated heterocycles. The van der Waals surface area contributed by atoms with Gasteiger partial charge in [-0.05, 0) is 24.4 Å². The van der Waals surface area contributed by atoms with Crippen LogP contribution in [0.25, 0.3) is 10.9 Å². The Morgan fingerprint density at radius 2 is 2.10 bits per heavy atom. The number of carbonyl (C=O) groups is 1. The smallest absolute Gasteiger partial charge is 0.255 e. The predicted molar refractivity (Wildman–Crippen MR) is 76.3 cm³/mol. The minimum Gasteiger partial charge on any atom is -0.395 e. The Bertz CT molecular complexity index is 625. The molecule has 6 heteroatoms. The van der Waals surface area contributed by atoms with E-state index in [0.29, 0.717) is 0 Å². The van der Waals surface area contributed by atoms with Crippen molar-refractivity contribution in [2.45, 2.75) is 19.9 Å². The molecule has 0 fully saturated rings. The summed E-state index contributed by atoms with van der Waals surface area (Å²) in [6.07, 6.45) is -2.61. The van der Waals surface area contributed by atoms with Crippen LogP contribution >= 0.6 is 0 Å². The lowest BCUT2D eigenvalue weighted by Gasteiger charge is -2.22. The van der Waals surface area contributed by atoms with Crippen molar-refractivity contribution in [3.05, 3.63) is 36.0 Å². The number of aliphatic hydroxyl groups is 1. The normalized spacial score (nSPS) is 11.3. The molecule has 2 aromatic rings. The molecule has 0 aliphatic rings. The first-order valence-corrected chi connectivity index (χ1v) is 6.74. The second kappa shape index (κ2) is 6.67. The van der Waals surface area contributed by atoms with Crippen molar-refractivity contribution in [2.24, 2.45) is 0 Å². The zero-order valence-corrected chi connectivity index (χ0v) is 11.8. The Morgan fingerprint density at radius 3 is 2.76 bits per heavy atom. The van der Waals surface area contributed by atoms with E-state index in [1.807, 2.05) is 37.3 Å². The molecule has 2 rings (SSSR count). The Hall–Kier alpha value is -1.95. The lowest BCUT2D eigenvalue weighted by Crippen LogP contribution is -2.39. The van der Waals surface area contributed by atoms with Crippen LogP contribution in [0.2, 0.25) is 0 Å². The summed E-state index contributed by atoms with van der Waals surface area (Å²) in [5.41, 5.74) is 1.79. The molecule has 21 heavy (non-hydrogen) atoms. The van der Waals surface area contributed by atoms with Crippen LogP contribution in [0.3, 0.4) is 0 Å². The lowest BCUT2D eigenvalue weighted by molar-refractivity contribution is -0.134. The molecule has 0 atom stereocenters. The second-order valence-electron chi connectivity index (χ2n) is 4.89. The number of nitrogens with zero attached hydrogens (tertiary/aromatic N) is 2. The minimum absolute atomic E-state index is 0.00787. The number of hydrogen-bond acceptors (Lipinski definition) is 2. The Labute approximate surface area is 121 Å². The molecule has 1 amide bonds. The van der Waals surface area contributed by atoms with Crippen LogP contribution in [-0.4, -0.2) is 46.6 Å². The number of para-hydroxylation sites is 1. The van der Waals surface area contributed by atoms with Crippen molar-refractivity contribution in [3.63, 3.8) is 0 Å². The molecular formula is C15H18F2N2O2. The van der Waals surface area contributed by atoms with Gasteiger partial charge in [-0.3, -0.25) is 4.79 Å². The maximum Gasteiger partial charge on any atom is 0.255 e. The highest BCUT2D eigenvalue weighted by atomic mass is 19.3. The highest BCUT2D eigenvalue weighted by Gasteiger charge is 2.19. The first-order valence-electron chi connectivity index (χ1n) is 6.74. The summed E-state index contributed by atoms with van der Waals surface area (Å²) in [4.78, 5) is 13.2. The van der Waals surface area contributed by atoms with Gasteiger partial charge >= 0.3 is 0 Å². The van der Waals surface area contributed by atoms with Crippen molar-refractivity contribution in [1.82, 2.24) is 9.47 Å². The minimum atomic E-state index is -2.61. The monoisotopic (exact) mass is 296 g/mol. The average molecular weight is 296 g/mol. The number of amides is 1. The van der Waals surface area contributed by atoms with E-state index in [2.05, 4.69) is 0 Å². The van der Waals surface area contributed by atoms with Gasteiger partial charge in [-0.1, -0.05) is 18.2 Å². The number of alkyl halides is 2. The van der Waals surface area contributed by atoms with Gasteiger partial charge in [0, 0.05) is 17.8 Å². The van der Waals surface area contributed by atoms with E-state index < -0.39 is 18.9 Å². The van der Waals surface area contributed by atoms with E-state index in [-0.39, 0.29) is 19.7 Å². The first-order chi connectivity index (χ1) is 10.0. The van der Waals surface area contributed by atoms with Crippen molar-refractivity contribution < 1.29 is 18.7 Å². The van der Waals surface area contributed by atoms with E-state index >= 15 is 0 Å². The van der Waals surface area contributed by atoms with Crippen LogP contribution < -0.4 is 0 Å². The van der Waals surface area contributed by atoms with E-state index in [1.165, 1.54) is 0 Å². The van der Waals surface area contributed by atoms with Crippen LogP contribution in [0.1, 0.15) is 5.69 Å². The summed E-state index contributed by atoms with van der Waals surface area (Å²) in [5.74, 6) is -0.422. The Morgan fingerprint density at radius 1 is 1.38 bits per heavy atom. The summed E-state index contributed by atoms with van der Waals surface area (Å²) in [5, 5.41) is 9.91. The molecule has 0 spiro atoms. The summed E-state index contributed by atoms with van der Waals surface area (Å²) in [6, 6.07) is 9.55. The molecule has 1 aromatic heterocycles. The predicted octanol–water partition coefficient (Wildman–Crippen LogP) is 2.04. The van der Waals surface area contributed by atoms with Gasteiger partial charge in [-0.25, -0.2) is 8.78 Å². The first kappa shape index (κ1) is 15.4. The molecule has 0 aliphatic heterocycles. The fourth-order valence-corrected chi connectivity index (χ4v) is 2.40. The van der Waals surface area contributed by atoms with Crippen LogP contribution in [-0.2, 0) is 11.3 Å². The van der Waals surface area contributed by atoms with Crippen molar-refractivity contribution in [1.29, 1.82) is 0 Å². The summed E-state index contributed by atoms with van der Waals surface area (Å²) in [7, 11) is 0. The third-order valence-electron chi connectivity index (χ3n) is 3.39. The molecular weight excluding hydrogens is 278 g/mol. The maximum absolute atomic E-state index is 12.5. The standard InChI is InChI=1S/C15H18F2N2O2/c1-11-8-12-4-2-3-5-13(12)19(11)10-15(21)18(6-7-20)9-14(16)17/h2-5,8,14,20H,6-7,9-10H2,1H3. The molecule has 0 radical (unpaired) electrons. The SMILES string of the molecule is Cc1cc2ccccc2n1CC(=O)N(CCO)CC(F)F. The second-order valence-corrected chi connectivity index (χ2v) is 4.89. The number of aryl methyl sites for hydroxylation is 1. The molecule has 1 N–H and O–H groups in total. The summed E-state index contributed by atoms with van der Waals surface area (Å²) >= 11 is 0. The number of aliphatic hydroxyl groups excluding tert-OH is 1. The van der Waals surface area contributed by atoms with E-state index in [1.54, 1.807) is 4.57 Å². The number of carbonyl (C=O) groups excluding carboxylic acids is 1. The maximum atomic E-state index is 12.5. The van der Waals surface area contributed by atoms with Crippen molar-refractivity contribution in [3.8, 4) is 0 Å². The summed E-state index contributed by atoms with van der Waals surface area (Å²) in [6.45, 7) is 0.797. The quantitative estimate of drug-likeness (QED) is 0.886. The van der Waals surface area contributed by atoms with Gasteiger partial charge in [0.05, 0.1) is 13.2 Å². The van der Waals surface area contributed by atoms with Gasteiger partial charge in [0.15, 0.2) is 0 Å². The molecule has 0 aliphatic carbocycles. The molecule has 0 saturated carbocycles. The zero-order valence-electron chi connectivity index (χ0n) is 11.8. The Balaban J connectivity index is 2.21. The highest BCUT2D eigenvalue weighted by Crippen LogP contribution is 2.19. The molecule has 1 heterocycles. The Kier molecular flexibility index (Phi) is 4.90. The summed E-state index contributed by atoms with van der Waals surface area (Å²) < 4.78 is 26.8. The van der Waals surface area contributed by atoms with Gasteiger partial charge in [0.2, 0.25) is 5.91 Å². The van der Waals surface area contributed by atoms with Gasteiger partial charge in [0.25, 0.3) is 6.43 Å². The van der Waals surface area contributed by atoms with E-state index in [9.17, 15) is 13.6 Å². The van der Waals surface area contributed by atoms with E-state index in [0.717, 1.165) is 21.5 Å². The number of fused-ring (bicyclic) bond motifs is 1. The third kappa shape index (κ3) is 3.58. The van der Waals surface area contributed by atoms with Crippen LogP contribution in [0, 0.1) is 6.92 Å². The topological polar surface area (TPSA) is 45.5 Å². The van der Waals surface area contributed by atoms with Gasteiger partial charge in [-0.2, -0.15) is 0 Å². The van der Waals surface area contributed by atoms with Gasteiger partial charge in [-0.15, -0.1) is 0 Å². The van der Waals surface area contributed by atoms with Crippen LogP contribution in [0.5, 0.6) is 0 Å². The average Bonchev–Trinajstić information content (AvgIpc) is 2.74. The van der Waals surface area contributed by atoms with Gasteiger partial charge < -0.3 is 14.6 Å². The molecule has 4 nitrogen and oxygen atoms in total. The number of benzene rings is 1. The number of rotatable bonds is 6. The molecule has 114 valence electrons. The molecule has 1 aromatic carbocycles. The van der Waals surface area contributed by atoms with Crippen molar-refractivity contribution >= 4 is 16.8 Å². The molecule has 0 bridgehead atoms. The van der Waals surface area contributed by atoms with Gasteiger partial charge in [0.1, 0.15) is 6.54 Å². The molecule has 0 unspecified atom stereocenters. The highest BCUT2D eigenvalue weighted by molar-refractivity contribution is 5.84. The zero-order chi connectivity index (χ0) is 15.4. The fraction of sp³-hybridized carbons (Fsp3) is 0.400.